The predicted molar refractivity (Wildman–Crippen MR) is 121 cm³/mol. The Bertz CT molecular complexity index is 1040. The van der Waals surface area contributed by atoms with Crippen LogP contribution in [0.3, 0.4) is 0 Å². The third kappa shape index (κ3) is 5.04. The molecule has 0 spiro atoms. The number of phenolic OH excluding ortho intramolecular Hbond substituents is 1. The van der Waals surface area contributed by atoms with Gasteiger partial charge in [-0.05, 0) is 35.4 Å². The van der Waals surface area contributed by atoms with Crippen molar-refractivity contribution in [1.29, 1.82) is 0 Å². The summed E-state index contributed by atoms with van der Waals surface area (Å²) in [6.07, 6.45) is 0. The van der Waals surface area contributed by atoms with Crippen molar-refractivity contribution >= 4 is 17.5 Å². The molecule has 0 aliphatic carbocycles. The monoisotopic (exact) mass is 415 g/mol. The highest BCUT2D eigenvalue weighted by molar-refractivity contribution is 5.96. The van der Waals surface area contributed by atoms with E-state index in [1.165, 1.54) is 0 Å². The molecule has 2 N–H and O–H groups in total. The van der Waals surface area contributed by atoms with Crippen molar-refractivity contribution in [3.8, 4) is 16.9 Å². The molecule has 6 nitrogen and oxygen atoms in total. The average Bonchev–Trinajstić information content (AvgIpc) is 2.83. The number of hydrogen-bond donors (Lipinski definition) is 2. The summed E-state index contributed by atoms with van der Waals surface area (Å²) < 4.78 is 0. The molecular formula is C25H25N3O3. The van der Waals surface area contributed by atoms with E-state index in [9.17, 15) is 14.7 Å². The number of anilines is 1. The van der Waals surface area contributed by atoms with Gasteiger partial charge in [-0.3, -0.25) is 9.59 Å². The van der Waals surface area contributed by atoms with Gasteiger partial charge in [0.2, 0.25) is 5.91 Å². The zero-order chi connectivity index (χ0) is 21.6. The van der Waals surface area contributed by atoms with Crippen molar-refractivity contribution in [2.45, 2.75) is 0 Å². The Balaban J connectivity index is 1.26. The Kier molecular flexibility index (Phi) is 6.17. The number of phenols is 1. The van der Waals surface area contributed by atoms with Gasteiger partial charge in [0.1, 0.15) is 5.75 Å². The maximum atomic E-state index is 12.5. The molecular weight excluding hydrogens is 390 g/mol. The highest BCUT2D eigenvalue weighted by Gasteiger charge is 2.22. The molecule has 158 valence electrons. The number of amides is 2. The number of rotatable bonds is 5. The van der Waals surface area contributed by atoms with E-state index in [1.54, 1.807) is 29.2 Å². The van der Waals surface area contributed by atoms with Crippen LogP contribution in [0.5, 0.6) is 5.75 Å². The molecule has 31 heavy (non-hydrogen) atoms. The molecule has 3 aromatic carbocycles. The quantitative estimate of drug-likeness (QED) is 0.672. The van der Waals surface area contributed by atoms with E-state index in [2.05, 4.69) is 10.2 Å². The smallest absolute Gasteiger partial charge is 0.251 e. The minimum absolute atomic E-state index is 0.0224. The molecule has 1 aliphatic heterocycles. The fourth-order valence-electron chi connectivity index (χ4n) is 3.72. The van der Waals surface area contributed by atoms with Gasteiger partial charge in [0.15, 0.2) is 0 Å². The van der Waals surface area contributed by atoms with Crippen LogP contribution in [0.4, 0.5) is 5.69 Å². The van der Waals surface area contributed by atoms with Gasteiger partial charge in [-0.2, -0.15) is 0 Å². The highest BCUT2D eigenvalue weighted by Crippen LogP contribution is 2.21. The van der Waals surface area contributed by atoms with Gasteiger partial charge in [-0.15, -0.1) is 0 Å². The van der Waals surface area contributed by atoms with E-state index < -0.39 is 0 Å². The van der Waals surface area contributed by atoms with Crippen LogP contribution in [0.25, 0.3) is 11.1 Å². The van der Waals surface area contributed by atoms with Crippen LogP contribution in [-0.4, -0.2) is 54.5 Å². The SMILES string of the molecule is O=C(NCC(=O)N1CCN(c2cccc(O)c2)CC1)c1ccc(-c2ccccc2)cc1. The second-order valence-corrected chi connectivity index (χ2v) is 7.51. The summed E-state index contributed by atoms with van der Waals surface area (Å²) in [5.74, 6) is -0.119. The lowest BCUT2D eigenvalue weighted by Gasteiger charge is -2.36. The van der Waals surface area contributed by atoms with Crippen molar-refractivity contribution in [3.05, 3.63) is 84.4 Å². The van der Waals surface area contributed by atoms with E-state index in [0.717, 1.165) is 16.8 Å². The number of nitrogens with zero attached hydrogens (tertiary/aromatic N) is 2. The number of hydrogen-bond acceptors (Lipinski definition) is 4. The summed E-state index contributed by atoms with van der Waals surface area (Å²) in [6.45, 7) is 2.51. The van der Waals surface area contributed by atoms with Crippen molar-refractivity contribution in [1.82, 2.24) is 10.2 Å². The van der Waals surface area contributed by atoms with Crippen molar-refractivity contribution in [2.75, 3.05) is 37.6 Å². The van der Waals surface area contributed by atoms with Crippen molar-refractivity contribution in [2.24, 2.45) is 0 Å². The molecule has 1 aliphatic rings. The van der Waals surface area contributed by atoms with Gasteiger partial charge in [0.05, 0.1) is 6.54 Å². The van der Waals surface area contributed by atoms with E-state index in [-0.39, 0.29) is 24.1 Å². The first-order valence-electron chi connectivity index (χ1n) is 10.4. The number of carbonyl (C=O) groups is 2. The van der Waals surface area contributed by atoms with E-state index >= 15 is 0 Å². The Hall–Kier alpha value is -3.80. The predicted octanol–water partition coefficient (Wildman–Crippen LogP) is 3.14. The van der Waals surface area contributed by atoms with Gasteiger partial charge in [-0.1, -0.05) is 48.5 Å². The molecule has 1 fully saturated rings. The molecule has 0 unspecified atom stereocenters. The lowest BCUT2D eigenvalue weighted by molar-refractivity contribution is -0.130. The summed E-state index contributed by atoms with van der Waals surface area (Å²) in [5, 5.41) is 12.4. The van der Waals surface area contributed by atoms with E-state index in [1.807, 2.05) is 54.6 Å². The Morgan fingerprint density at radius 3 is 2.16 bits per heavy atom. The summed E-state index contributed by atoms with van der Waals surface area (Å²) in [7, 11) is 0. The molecule has 2 amide bonds. The largest absolute Gasteiger partial charge is 0.508 e. The normalized spacial score (nSPS) is 13.7. The number of piperazine rings is 1. The highest BCUT2D eigenvalue weighted by atomic mass is 16.3. The lowest BCUT2D eigenvalue weighted by atomic mass is 10.0. The first kappa shape index (κ1) is 20.5. The fourth-order valence-corrected chi connectivity index (χ4v) is 3.72. The second kappa shape index (κ2) is 9.34. The maximum Gasteiger partial charge on any atom is 0.251 e. The summed E-state index contributed by atoms with van der Waals surface area (Å²) in [5.41, 5.74) is 3.60. The minimum Gasteiger partial charge on any atom is -0.508 e. The molecule has 0 bridgehead atoms. The standard InChI is InChI=1S/C25H25N3O3/c29-23-8-4-7-22(17-23)27-13-15-28(16-14-27)24(30)18-26-25(31)21-11-9-20(10-12-21)19-5-2-1-3-6-19/h1-12,17,29H,13-16,18H2,(H,26,31). The fraction of sp³-hybridized carbons (Fsp3) is 0.200. The molecule has 0 aromatic heterocycles. The first-order chi connectivity index (χ1) is 15.1. The van der Waals surface area contributed by atoms with Gasteiger partial charge >= 0.3 is 0 Å². The third-order valence-electron chi connectivity index (χ3n) is 5.48. The zero-order valence-electron chi connectivity index (χ0n) is 17.2. The van der Waals surface area contributed by atoms with Crippen LogP contribution in [-0.2, 0) is 4.79 Å². The molecule has 0 atom stereocenters. The number of nitrogens with one attached hydrogen (secondary N) is 1. The molecule has 0 radical (unpaired) electrons. The second-order valence-electron chi connectivity index (χ2n) is 7.51. The van der Waals surface area contributed by atoms with Crippen LogP contribution >= 0.6 is 0 Å². The average molecular weight is 415 g/mol. The van der Waals surface area contributed by atoms with Gasteiger partial charge < -0.3 is 20.2 Å². The van der Waals surface area contributed by atoms with Crippen LogP contribution < -0.4 is 10.2 Å². The summed E-state index contributed by atoms with van der Waals surface area (Å²) in [4.78, 5) is 28.9. The van der Waals surface area contributed by atoms with Gasteiger partial charge in [0.25, 0.3) is 5.91 Å². The van der Waals surface area contributed by atoms with Crippen LogP contribution in [0.2, 0.25) is 0 Å². The Morgan fingerprint density at radius 2 is 1.48 bits per heavy atom. The van der Waals surface area contributed by atoms with Crippen LogP contribution in [0, 0.1) is 0 Å². The maximum absolute atomic E-state index is 12.5. The third-order valence-corrected chi connectivity index (χ3v) is 5.48. The Labute approximate surface area is 181 Å². The lowest BCUT2D eigenvalue weighted by Crippen LogP contribution is -2.51. The number of benzene rings is 3. The molecule has 3 aromatic rings. The van der Waals surface area contributed by atoms with E-state index in [0.29, 0.717) is 31.7 Å². The van der Waals surface area contributed by atoms with E-state index in [4.69, 9.17) is 0 Å². The number of aromatic hydroxyl groups is 1. The molecule has 1 saturated heterocycles. The molecule has 0 saturated carbocycles. The summed E-state index contributed by atoms with van der Waals surface area (Å²) >= 11 is 0. The molecule has 4 rings (SSSR count). The minimum atomic E-state index is -0.258. The van der Waals surface area contributed by atoms with Crippen molar-refractivity contribution in [3.63, 3.8) is 0 Å². The zero-order valence-corrected chi connectivity index (χ0v) is 17.2. The molecule has 6 heteroatoms. The summed E-state index contributed by atoms with van der Waals surface area (Å²) in [6, 6.07) is 24.4. The van der Waals surface area contributed by atoms with Crippen LogP contribution in [0.15, 0.2) is 78.9 Å². The Morgan fingerprint density at radius 1 is 0.806 bits per heavy atom. The van der Waals surface area contributed by atoms with Crippen molar-refractivity contribution < 1.29 is 14.7 Å². The van der Waals surface area contributed by atoms with Gasteiger partial charge in [-0.25, -0.2) is 0 Å². The molecule has 1 heterocycles. The topological polar surface area (TPSA) is 72.9 Å². The van der Waals surface area contributed by atoms with Gasteiger partial charge in [0, 0.05) is 43.5 Å². The van der Waals surface area contributed by atoms with Crippen LogP contribution in [0.1, 0.15) is 10.4 Å². The first-order valence-corrected chi connectivity index (χ1v) is 10.4. The number of carbonyl (C=O) groups excluding carboxylic acids is 2.